The number of hydrogen-bond acceptors (Lipinski definition) is 3. The Kier molecular flexibility index (Phi) is 3.58. The second-order valence-corrected chi connectivity index (χ2v) is 4.57. The van der Waals surface area contributed by atoms with Crippen LogP contribution in [0.2, 0.25) is 5.02 Å². The van der Waals surface area contributed by atoms with Gasteiger partial charge in [-0.1, -0.05) is 16.8 Å². The molecule has 1 aromatic carbocycles. The third kappa shape index (κ3) is 2.42. The Morgan fingerprint density at radius 3 is 3.06 bits per heavy atom. The summed E-state index contributed by atoms with van der Waals surface area (Å²) in [6, 6.07) is 5.54. The zero-order valence-corrected chi connectivity index (χ0v) is 11.0. The van der Waals surface area contributed by atoms with Gasteiger partial charge in [-0.2, -0.15) is 0 Å². The first-order valence-electron chi connectivity index (χ1n) is 4.72. The number of halogens is 2. The SMILES string of the molecule is CNCc1cn(-c2cc(Cl)ccc2Br)nn1. The number of nitrogens with one attached hydrogen (secondary N) is 1. The van der Waals surface area contributed by atoms with Gasteiger partial charge < -0.3 is 5.32 Å². The van der Waals surface area contributed by atoms with Crippen LogP contribution in [0.3, 0.4) is 0 Å². The molecule has 0 saturated heterocycles. The minimum Gasteiger partial charge on any atom is -0.314 e. The lowest BCUT2D eigenvalue weighted by Crippen LogP contribution is -2.05. The van der Waals surface area contributed by atoms with E-state index in [2.05, 4.69) is 31.6 Å². The molecule has 0 radical (unpaired) electrons. The molecule has 0 saturated carbocycles. The van der Waals surface area contributed by atoms with E-state index in [9.17, 15) is 0 Å². The van der Waals surface area contributed by atoms with E-state index in [4.69, 9.17) is 11.6 Å². The zero-order chi connectivity index (χ0) is 11.5. The molecular weight excluding hydrogens is 291 g/mol. The Hall–Kier alpha value is -0.910. The molecule has 0 amide bonds. The van der Waals surface area contributed by atoms with Gasteiger partial charge in [-0.25, -0.2) is 4.68 Å². The highest BCUT2D eigenvalue weighted by molar-refractivity contribution is 9.10. The van der Waals surface area contributed by atoms with Crippen LogP contribution >= 0.6 is 27.5 Å². The molecule has 0 aliphatic heterocycles. The van der Waals surface area contributed by atoms with Crippen molar-refractivity contribution in [3.63, 3.8) is 0 Å². The lowest BCUT2D eigenvalue weighted by molar-refractivity contribution is 0.766. The van der Waals surface area contributed by atoms with Crippen molar-refractivity contribution in [2.45, 2.75) is 6.54 Å². The van der Waals surface area contributed by atoms with E-state index in [1.165, 1.54) is 0 Å². The average molecular weight is 302 g/mol. The smallest absolute Gasteiger partial charge is 0.0969 e. The summed E-state index contributed by atoms with van der Waals surface area (Å²) in [5.41, 5.74) is 1.76. The van der Waals surface area contributed by atoms with E-state index in [1.54, 1.807) is 4.68 Å². The minimum absolute atomic E-state index is 0.670. The molecule has 2 rings (SSSR count). The molecule has 84 valence electrons. The van der Waals surface area contributed by atoms with Crippen molar-refractivity contribution < 1.29 is 0 Å². The van der Waals surface area contributed by atoms with Gasteiger partial charge >= 0.3 is 0 Å². The molecule has 0 aliphatic carbocycles. The van der Waals surface area contributed by atoms with Crippen LogP contribution in [-0.4, -0.2) is 22.0 Å². The number of hydrogen-bond donors (Lipinski definition) is 1. The Bertz CT molecular complexity index is 497. The van der Waals surface area contributed by atoms with Crippen molar-refractivity contribution in [2.75, 3.05) is 7.05 Å². The van der Waals surface area contributed by atoms with Crippen molar-refractivity contribution in [1.29, 1.82) is 0 Å². The summed E-state index contributed by atoms with van der Waals surface area (Å²) in [4.78, 5) is 0. The highest BCUT2D eigenvalue weighted by Crippen LogP contribution is 2.24. The van der Waals surface area contributed by atoms with E-state index < -0.39 is 0 Å². The van der Waals surface area contributed by atoms with Crippen molar-refractivity contribution in [2.24, 2.45) is 0 Å². The molecule has 1 aromatic heterocycles. The van der Waals surface area contributed by atoms with Gasteiger partial charge in [0.25, 0.3) is 0 Å². The van der Waals surface area contributed by atoms with Gasteiger partial charge in [0.1, 0.15) is 0 Å². The summed E-state index contributed by atoms with van der Waals surface area (Å²) in [5.74, 6) is 0. The molecule has 6 heteroatoms. The van der Waals surface area contributed by atoms with Gasteiger partial charge in [-0.3, -0.25) is 0 Å². The van der Waals surface area contributed by atoms with Gasteiger partial charge in [0.05, 0.1) is 17.6 Å². The maximum absolute atomic E-state index is 5.94. The van der Waals surface area contributed by atoms with Crippen LogP contribution in [0.25, 0.3) is 5.69 Å². The molecule has 4 nitrogen and oxygen atoms in total. The summed E-state index contributed by atoms with van der Waals surface area (Å²) in [6.07, 6.45) is 1.87. The Balaban J connectivity index is 2.38. The molecule has 16 heavy (non-hydrogen) atoms. The van der Waals surface area contributed by atoms with E-state index in [0.717, 1.165) is 15.9 Å². The average Bonchev–Trinajstić information content (AvgIpc) is 2.71. The van der Waals surface area contributed by atoms with Crippen molar-refractivity contribution in [1.82, 2.24) is 20.3 Å². The number of benzene rings is 1. The predicted molar refractivity (Wildman–Crippen MR) is 66.8 cm³/mol. The van der Waals surface area contributed by atoms with Crippen LogP contribution in [0.4, 0.5) is 0 Å². The standard InChI is InChI=1S/C10H10BrClN4/c1-13-5-8-6-16(15-14-8)10-4-7(12)2-3-9(10)11/h2-4,6,13H,5H2,1H3. The van der Waals surface area contributed by atoms with Gasteiger partial charge in [0, 0.05) is 16.0 Å². The van der Waals surface area contributed by atoms with Crippen LogP contribution in [0.1, 0.15) is 5.69 Å². The summed E-state index contributed by atoms with van der Waals surface area (Å²) in [5, 5.41) is 11.8. The predicted octanol–water partition coefficient (Wildman–Crippen LogP) is 2.40. The van der Waals surface area contributed by atoms with E-state index in [1.807, 2.05) is 31.4 Å². The Morgan fingerprint density at radius 2 is 2.31 bits per heavy atom. The number of nitrogens with zero attached hydrogens (tertiary/aromatic N) is 3. The third-order valence-electron chi connectivity index (χ3n) is 2.05. The van der Waals surface area contributed by atoms with E-state index in [-0.39, 0.29) is 0 Å². The van der Waals surface area contributed by atoms with E-state index >= 15 is 0 Å². The molecule has 0 atom stereocenters. The molecule has 0 bridgehead atoms. The normalized spacial score (nSPS) is 10.7. The summed E-state index contributed by atoms with van der Waals surface area (Å²) in [6.45, 7) is 0.693. The van der Waals surface area contributed by atoms with Gasteiger partial charge in [-0.05, 0) is 41.2 Å². The summed E-state index contributed by atoms with van der Waals surface area (Å²) >= 11 is 9.39. The molecule has 0 unspecified atom stereocenters. The van der Waals surface area contributed by atoms with Crippen molar-refractivity contribution in [3.8, 4) is 5.69 Å². The second-order valence-electron chi connectivity index (χ2n) is 3.28. The molecule has 2 aromatic rings. The van der Waals surface area contributed by atoms with Gasteiger partial charge in [0.15, 0.2) is 0 Å². The van der Waals surface area contributed by atoms with Crippen LogP contribution in [-0.2, 0) is 6.54 Å². The molecule has 0 spiro atoms. The molecule has 0 fully saturated rings. The monoisotopic (exact) mass is 300 g/mol. The lowest BCUT2D eigenvalue weighted by atomic mass is 10.3. The highest BCUT2D eigenvalue weighted by Gasteiger charge is 2.06. The largest absolute Gasteiger partial charge is 0.314 e. The van der Waals surface area contributed by atoms with Crippen LogP contribution < -0.4 is 5.32 Å². The van der Waals surface area contributed by atoms with E-state index in [0.29, 0.717) is 11.6 Å². The molecular formula is C10H10BrClN4. The Labute approximate surface area is 107 Å². The third-order valence-corrected chi connectivity index (χ3v) is 2.96. The van der Waals surface area contributed by atoms with Gasteiger partial charge in [-0.15, -0.1) is 5.10 Å². The molecule has 1 heterocycles. The zero-order valence-electron chi connectivity index (χ0n) is 8.61. The van der Waals surface area contributed by atoms with Gasteiger partial charge in [0.2, 0.25) is 0 Å². The fraction of sp³-hybridized carbons (Fsp3) is 0.200. The topological polar surface area (TPSA) is 42.7 Å². The van der Waals surface area contributed by atoms with Crippen molar-refractivity contribution in [3.05, 3.63) is 39.6 Å². The lowest BCUT2D eigenvalue weighted by Gasteiger charge is -2.03. The maximum atomic E-state index is 5.94. The quantitative estimate of drug-likeness (QED) is 0.946. The second kappa shape index (κ2) is 4.95. The van der Waals surface area contributed by atoms with Crippen LogP contribution in [0.5, 0.6) is 0 Å². The van der Waals surface area contributed by atoms with Crippen molar-refractivity contribution >= 4 is 27.5 Å². The first-order valence-corrected chi connectivity index (χ1v) is 5.89. The molecule has 0 aliphatic rings. The Morgan fingerprint density at radius 1 is 1.50 bits per heavy atom. The minimum atomic E-state index is 0.670. The highest BCUT2D eigenvalue weighted by atomic mass is 79.9. The fourth-order valence-corrected chi connectivity index (χ4v) is 1.93. The first kappa shape index (κ1) is 11.6. The molecule has 1 N–H and O–H groups in total. The van der Waals surface area contributed by atoms with Crippen LogP contribution in [0, 0.1) is 0 Å². The fourth-order valence-electron chi connectivity index (χ4n) is 1.34. The number of rotatable bonds is 3. The maximum Gasteiger partial charge on any atom is 0.0969 e. The summed E-state index contributed by atoms with van der Waals surface area (Å²) in [7, 11) is 1.87. The summed E-state index contributed by atoms with van der Waals surface area (Å²) < 4.78 is 2.63. The number of aromatic nitrogens is 3. The first-order chi connectivity index (χ1) is 7.70. The van der Waals surface area contributed by atoms with Crippen LogP contribution in [0.15, 0.2) is 28.9 Å².